The van der Waals surface area contributed by atoms with Gasteiger partial charge in [-0.3, -0.25) is 0 Å². The van der Waals surface area contributed by atoms with Crippen molar-refractivity contribution in [2.45, 2.75) is 52.1 Å². The van der Waals surface area contributed by atoms with Crippen LogP contribution >= 0.6 is 0 Å². The van der Waals surface area contributed by atoms with Gasteiger partial charge in [0.2, 0.25) is 0 Å². The lowest BCUT2D eigenvalue weighted by molar-refractivity contribution is 0.200. The Hall–Kier alpha value is -0.0800. The van der Waals surface area contributed by atoms with Crippen LogP contribution in [0.3, 0.4) is 0 Å². The van der Waals surface area contributed by atoms with E-state index < -0.39 is 0 Å². The minimum atomic E-state index is 0.439. The van der Waals surface area contributed by atoms with Gasteiger partial charge in [-0.1, -0.05) is 13.3 Å². The molecule has 0 aromatic carbocycles. The third-order valence-corrected chi connectivity index (χ3v) is 3.22. The normalized spacial score (nSPS) is 32.1. The first-order chi connectivity index (χ1) is 6.13. The maximum absolute atomic E-state index is 6.04. The lowest BCUT2D eigenvalue weighted by atomic mass is 9.98. The third-order valence-electron chi connectivity index (χ3n) is 3.22. The molecule has 1 heterocycles. The van der Waals surface area contributed by atoms with Crippen molar-refractivity contribution in [1.82, 2.24) is 4.90 Å². The Morgan fingerprint density at radius 1 is 1.46 bits per heavy atom. The van der Waals surface area contributed by atoms with Crippen molar-refractivity contribution < 1.29 is 0 Å². The highest BCUT2D eigenvalue weighted by Gasteiger charge is 2.22. The molecule has 0 aromatic rings. The molecular formula is C11H24N2. The van der Waals surface area contributed by atoms with E-state index in [4.69, 9.17) is 5.73 Å². The van der Waals surface area contributed by atoms with Crippen molar-refractivity contribution in [3.63, 3.8) is 0 Å². The monoisotopic (exact) mass is 184 g/mol. The molecule has 0 amide bonds. The lowest BCUT2D eigenvalue weighted by Crippen LogP contribution is -2.34. The Kier molecular flexibility index (Phi) is 4.20. The highest BCUT2D eigenvalue weighted by atomic mass is 15.1. The van der Waals surface area contributed by atoms with Gasteiger partial charge in [0.15, 0.2) is 0 Å². The summed E-state index contributed by atoms with van der Waals surface area (Å²) in [5, 5.41) is 0. The quantitative estimate of drug-likeness (QED) is 0.709. The molecule has 1 fully saturated rings. The molecule has 2 atom stereocenters. The molecule has 1 rings (SSSR count). The van der Waals surface area contributed by atoms with E-state index in [-0.39, 0.29) is 0 Å². The van der Waals surface area contributed by atoms with Crippen molar-refractivity contribution in [3.8, 4) is 0 Å². The van der Waals surface area contributed by atoms with Gasteiger partial charge in [-0.2, -0.15) is 0 Å². The van der Waals surface area contributed by atoms with Crippen LogP contribution in [0.1, 0.15) is 40.0 Å². The largest absolute Gasteiger partial charge is 0.328 e. The van der Waals surface area contributed by atoms with Crippen molar-refractivity contribution in [2.75, 3.05) is 13.1 Å². The SMILES string of the molecule is CCC1CC(N)CCN(C(C)C)C1. The zero-order valence-corrected chi connectivity index (χ0v) is 9.29. The highest BCUT2D eigenvalue weighted by Crippen LogP contribution is 2.19. The molecule has 2 heteroatoms. The van der Waals surface area contributed by atoms with E-state index in [1.165, 1.54) is 32.4 Å². The fourth-order valence-electron chi connectivity index (χ4n) is 2.14. The van der Waals surface area contributed by atoms with Crippen LogP contribution in [0.4, 0.5) is 0 Å². The fraction of sp³-hybridized carbons (Fsp3) is 1.00. The minimum absolute atomic E-state index is 0.439. The van der Waals surface area contributed by atoms with Crippen LogP contribution in [0, 0.1) is 5.92 Å². The summed E-state index contributed by atoms with van der Waals surface area (Å²) >= 11 is 0. The zero-order valence-electron chi connectivity index (χ0n) is 9.29. The molecule has 1 aliphatic heterocycles. The van der Waals surface area contributed by atoms with Gasteiger partial charge < -0.3 is 10.6 Å². The van der Waals surface area contributed by atoms with Gasteiger partial charge in [0, 0.05) is 18.6 Å². The Morgan fingerprint density at radius 2 is 2.15 bits per heavy atom. The van der Waals surface area contributed by atoms with Crippen LogP contribution in [0.25, 0.3) is 0 Å². The smallest absolute Gasteiger partial charge is 0.00541 e. The molecule has 1 aliphatic rings. The van der Waals surface area contributed by atoms with E-state index in [9.17, 15) is 0 Å². The van der Waals surface area contributed by atoms with Gasteiger partial charge in [0.05, 0.1) is 0 Å². The van der Waals surface area contributed by atoms with Crippen LogP contribution < -0.4 is 5.73 Å². The van der Waals surface area contributed by atoms with E-state index in [2.05, 4.69) is 25.7 Å². The Labute approximate surface area is 82.5 Å². The van der Waals surface area contributed by atoms with Crippen molar-refractivity contribution >= 4 is 0 Å². The molecule has 1 saturated heterocycles. The Bertz CT molecular complexity index is 145. The summed E-state index contributed by atoms with van der Waals surface area (Å²) in [4.78, 5) is 2.57. The van der Waals surface area contributed by atoms with Crippen molar-refractivity contribution in [2.24, 2.45) is 11.7 Å². The van der Waals surface area contributed by atoms with Crippen LogP contribution in [0.5, 0.6) is 0 Å². The first kappa shape index (κ1) is 11.0. The van der Waals surface area contributed by atoms with E-state index in [1.807, 2.05) is 0 Å². The Balaban J connectivity index is 2.51. The first-order valence-corrected chi connectivity index (χ1v) is 5.63. The molecule has 78 valence electrons. The second-order valence-electron chi connectivity index (χ2n) is 4.65. The van der Waals surface area contributed by atoms with E-state index >= 15 is 0 Å². The molecule has 0 saturated carbocycles. The molecule has 0 aliphatic carbocycles. The van der Waals surface area contributed by atoms with E-state index in [0.29, 0.717) is 12.1 Å². The van der Waals surface area contributed by atoms with E-state index in [0.717, 1.165) is 5.92 Å². The minimum Gasteiger partial charge on any atom is -0.328 e. The predicted octanol–water partition coefficient (Wildman–Crippen LogP) is 1.84. The topological polar surface area (TPSA) is 29.3 Å². The number of hydrogen-bond acceptors (Lipinski definition) is 2. The van der Waals surface area contributed by atoms with Crippen molar-refractivity contribution in [1.29, 1.82) is 0 Å². The molecule has 0 bridgehead atoms. The number of nitrogens with two attached hydrogens (primary N) is 1. The van der Waals surface area contributed by atoms with E-state index in [1.54, 1.807) is 0 Å². The summed E-state index contributed by atoms with van der Waals surface area (Å²) in [7, 11) is 0. The van der Waals surface area contributed by atoms with Gasteiger partial charge in [0.25, 0.3) is 0 Å². The van der Waals surface area contributed by atoms with Gasteiger partial charge in [-0.05, 0) is 39.2 Å². The molecule has 0 spiro atoms. The lowest BCUT2D eigenvalue weighted by Gasteiger charge is -2.27. The summed E-state index contributed by atoms with van der Waals surface area (Å²) < 4.78 is 0. The standard InChI is InChI=1S/C11H24N2/c1-4-10-7-11(12)5-6-13(8-10)9(2)3/h9-11H,4-8,12H2,1-3H3. The fourth-order valence-corrected chi connectivity index (χ4v) is 2.14. The third kappa shape index (κ3) is 3.28. The summed E-state index contributed by atoms with van der Waals surface area (Å²) in [5.74, 6) is 0.819. The van der Waals surface area contributed by atoms with Crippen LogP contribution in [-0.2, 0) is 0 Å². The highest BCUT2D eigenvalue weighted by molar-refractivity contribution is 4.78. The molecular weight excluding hydrogens is 160 g/mol. The van der Waals surface area contributed by atoms with Crippen LogP contribution in [-0.4, -0.2) is 30.1 Å². The zero-order chi connectivity index (χ0) is 9.84. The van der Waals surface area contributed by atoms with Gasteiger partial charge in [-0.25, -0.2) is 0 Å². The van der Waals surface area contributed by atoms with Crippen LogP contribution in [0.2, 0.25) is 0 Å². The van der Waals surface area contributed by atoms with Gasteiger partial charge in [0.1, 0.15) is 0 Å². The number of hydrogen-bond donors (Lipinski definition) is 1. The first-order valence-electron chi connectivity index (χ1n) is 5.63. The second kappa shape index (κ2) is 4.97. The molecule has 2 N–H and O–H groups in total. The number of likely N-dealkylation sites (tertiary alicyclic amines) is 1. The summed E-state index contributed by atoms with van der Waals surface area (Å²) in [6.45, 7) is 9.28. The van der Waals surface area contributed by atoms with Gasteiger partial charge >= 0.3 is 0 Å². The maximum Gasteiger partial charge on any atom is 0.00541 e. The maximum atomic E-state index is 6.04. The average Bonchev–Trinajstić information content (AvgIpc) is 2.26. The summed E-state index contributed by atoms with van der Waals surface area (Å²) in [5.41, 5.74) is 6.04. The molecule has 0 aromatic heterocycles. The van der Waals surface area contributed by atoms with Crippen LogP contribution in [0.15, 0.2) is 0 Å². The predicted molar refractivity (Wildman–Crippen MR) is 57.7 cm³/mol. The summed E-state index contributed by atoms with van der Waals surface area (Å²) in [6, 6.07) is 1.12. The second-order valence-corrected chi connectivity index (χ2v) is 4.65. The Morgan fingerprint density at radius 3 is 2.69 bits per heavy atom. The molecule has 13 heavy (non-hydrogen) atoms. The molecule has 0 radical (unpaired) electrons. The van der Waals surface area contributed by atoms with Crippen molar-refractivity contribution in [3.05, 3.63) is 0 Å². The molecule has 2 unspecified atom stereocenters. The number of rotatable bonds is 2. The molecule has 2 nitrogen and oxygen atoms in total. The van der Waals surface area contributed by atoms with Gasteiger partial charge in [-0.15, -0.1) is 0 Å². The number of nitrogens with zero attached hydrogens (tertiary/aromatic N) is 1. The summed E-state index contributed by atoms with van der Waals surface area (Å²) in [6.07, 6.45) is 3.67. The average molecular weight is 184 g/mol.